The first-order chi connectivity index (χ1) is 10.7. The molecule has 9 nitrogen and oxygen atoms in total. The van der Waals surface area contributed by atoms with Gasteiger partial charge in [-0.1, -0.05) is 18.5 Å². The van der Waals surface area contributed by atoms with E-state index in [1.54, 1.807) is 13.8 Å². The Bertz CT molecular complexity index is 735. The van der Waals surface area contributed by atoms with Crippen LogP contribution in [0.15, 0.2) is 17.2 Å². The number of carbonyl (C=O) groups is 2. The van der Waals surface area contributed by atoms with Crippen molar-refractivity contribution in [1.82, 2.24) is 10.3 Å². The minimum absolute atomic E-state index is 0.0339. The monoisotopic (exact) mass is 339 g/mol. The molecule has 1 fully saturated rings. The molecule has 1 aliphatic rings. The Kier molecular flexibility index (Phi) is 4.24. The van der Waals surface area contributed by atoms with E-state index in [0.717, 1.165) is 18.3 Å². The van der Waals surface area contributed by atoms with Gasteiger partial charge in [-0.05, 0) is 30.7 Å². The number of rotatable bonds is 4. The molecular formula is C13H12ClN4O5-. The summed E-state index contributed by atoms with van der Waals surface area (Å²) in [4.78, 5) is 33.8. The Morgan fingerprint density at radius 2 is 2.13 bits per heavy atom. The Labute approximate surface area is 135 Å². The normalized spacial score (nSPS) is 21.1. The number of nitro groups is 1. The van der Waals surface area contributed by atoms with Gasteiger partial charge in [0, 0.05) is 11.1 Å². The van der Waals surface area contributed by atoms with Crippen LogP contribution in [-0.4, -0.2) is 33.6 Å². The number of benzene rings is 1. The van der Waals surface area contributed by atoms with Crippen LogP contribution in [0.5, 0.6) is 5.75 Å². The molecule has 2 rings (SSSR count). The minimum atomic E-state index is -1.07. The molecule has 23 heavy (non-hydrogen) atoms. The number of hydrazone groups is 1. The van der Waals surface area contributed by atoms with Gasteiger partial charge in [0.1, 0.15) is 5.54 Å². The molecule has 0 unspecified atom stereocenters. The van der Waals surface area contributed by atoms with Crippen LogP contribution in [0.3, 0.4) is 0 Å². The lowest BCUT2D eigenvalue weighted by atomic mass is 10.00. The van der Waals surface area contributed by atoms with Gasteiger partial charge in [-0.2, -0.15) is 5.10 Å². The Hall–Kier alpha value is -2.68. The fourth-order valence-corrected chi connectivity index (χ4v) is 2.19. The molecule has 1 aliphatic heterocycles. The summed E-state index contributed by atoms with van der Waals surface area (Å²) in [6.07, 6.45) is 1.26. The van der Waals surface area contributed by atoms with Crippen LogP contribution >= 0.6 is 11.6 Å². The number of nitrogens with zero attached hydrogens (tertiary/aromatic N) is 3. The maximum absolute atomic E-state index is 12.1. The van der Waals surface area contributed by atoms with Crippen molar-refractivity contribution in [3.63, 3.8) is 0 Å². The second-order valence-corrected chi connectivity index (χ2v) is 5.51. The van der Waals surface area contributed by atoms with Gasteiger partial charge < -0.3 is 10.4 Å². The average molecular weight is 340 g/mol. The molecular weight excluding hydrogens is 328 g/mol. The fourth-order valence-electron chi connectivity index (χ4n) is 1.96. The van der Waals surface area contributed by atoms with E-state index < -0.39 is 33.8 Å². The summed E-state index contributed by atoms with van der Waals surface area (Å²) in [5.74, 6) is -1.49. The number of hydrogen-bond acceptors (Lipinski definition) is 6. The quantitative estimate of drug-likeness (QED) is 0.383. The largest absolute Gasteiger partial charge is 0.867 e. The molecule has 1 heterocycles. The minimum Gasteiger partial charge on any atom is -0.867 e. The maximum atomic E-state index is 12.1. The number of nitro benzene ring substituents is 1. The van der Waals surface area contributed by atoms with E-state index in [9.17, 15) is 24.8 Å². The fraction of sp³-hybridized carbons (Fsp3) is 0.308. The highest BCUT2D eigenvalue weighted by Crippen LogP contribution is 2.30. The molecule has 1 saturated heterocycles. The van der Waals surface area contributed by atoms with E-state index in [4.69, 9.17) is 11.6 Å². The average Bonchev–Trinajstić information content (AvgIpc) is 2.70. The van der Waals surface area contributed by atoms with Crippen LogP contribution in [0.4, 0.5) is 10.5 Å². The number of hydrogen-bond donors (Lipinski definition) is 1. The molecule has 0 aliphatic carbocycles. The summed E-state index contributed by atoms with van der Waals surface area (Å²) in [5, 5.41) is 29.4. The zero-order chi connectivity index (χ0) is 17.4. The van der Waals surface area contributed by atoms with Crippen molar-refractivity contribution in [3.05, 3.63) is 32.8 Å². The Morgan fingerprint density at radius 1 is 1.48 bits per heavy atom. The van der Waals surface area contributed by atoms with Crippen molar-refractivity contribution in [1.29, 1.82) is 0 Å². The first-order valence-corrected chi connectivity index (χ1v) is 6.93. The van der Waals surface area contributed by atoms with E-state index in [1.807, 2.05) is 0 Å². The van der Waals surface area contributed by atoms with Gasteiger partial charge in [0.15, 0.2) is 0 Å². The lowest BCUT2D eigenvalue weighted by Crippen LogP contribution is -2.42. The van der Waals surface area contributed by atoms with Gasteiger partial charge in [-0.25, -0.2) is 4.79 Å². The highest BCUT2D eigenvalue weighted by atomic mass is 35.5. The van der Waals surface area contributed by atoms with Gasteiger partial charge in [-0.15, -0.1) is 5.01 Å². The molecule has 1 aromatic carbocycles. The van der Waals surface area contributed by atoms with Crippen LogP contribution in [0, 0.1) is 10.1 Å². The summed E-state index contributed by atoms with van der Waals surface area (Å²) in [6.45, 7) is 3.27. The van der Waals surface area contributed by atoms with Crippen molar-refractivity contribution in [3.8, 4) is 5.75 Å². The zero-order valence-electron chi connectivity index (χ0n) is 12.2. The maximum Gasteiger partial charge on any atom is 0.346 e. The molecule has 1 aromatic rings. The van der Waals surface area contributed by atoms with Crippen LogP contribution in [0.1, 0.15) is 25.8 Å². The van der Waals surface area contributed by atoms with Crippen molar-refractivity contribution < 1.29 is 19.6 Å². The van der Waals surface area contributed by atoms with Crippen LogP contribution in [0.2, 0.25) is 5.02 Å². The third-order valence-electron chi connectivity index (χ3n) is 3.52. The zero-order valence-corrected chi connectivity index (χ0v) is 13.0. The van der Waals surface area contributed by atoms with E-state index in [0.29, 0.717) is 11.4 Å². The number of imide groups is 1. The van der Waals surface area contributed by atoms with Crippen LogP contribution in [0.25, 0.3) is 0 Å². The Balaban J connectivity index is 2.36. The van der Waals surface area contributed by atoms with Crippen molar-refractivity contribution >= 4 is 35.4 Å². The third kappa shape index (κ3) is 2.95. The molecule has 3 amide bonds. The predicted molar refractivity (Wildman–Crippen MR) is 79.2 cm³/mol. The summed E-state index contributed by atoms with van der Waals surface area (Å²) in [7, 11) is 0. The summed E-state index contributed by atoms with van der Waals surface area (Å²) in [5.41, 5.74) is -1.99. The Morgan fingerprint density at radius 3 is 2.65 bits per heavy atom. The van der Waals surface area contributed by atoms with Crippen LogP contribution in [-0.2, 0) is 4.79 Å². The predicted octanol–water partition coefficient (Wildman–Crippen LogP) is 1.38. The van der Waals surface area contributed by atoms with E-state index in [2.05, 4.69) is 10.4 Å². The first kappa shape index (κ1) is 16.7. The standard InChI is InChI=1S/C13H13ClN4O5/c1-3-13(2)11(20)17(12(21)16-13)15-6-7-4-8(14)5-9(10(7)19)18(22)23/h4-6,19H,3H2,1-2H3,(H,16,21)/p-1/b15-6-/t13-/m1/s1. The van der Waals surface area contributed by atoms with Crippen molar-refractivity contribution in [2.45, 2.75) is 25.8 Å². The molecule has 1 N–H and O–H groups in total. The lowest BCUT2D eigenvalue weighted by Gasteiger charge is -2.17. The van der Waals surface area contributed by atoms with Gasteiger partial charge in [0.2, 0.25) is 0 Å². The molecule has 122 valence electrons. The lowest BCUT2D eigenvalue weighted by molar-refractivity contribution is -0.398. The number of nitrogens with one attached hydrogen (secondary N) is 1. The molecule has 0 radical (unpaired) electrons. The molecule has 10 heteroatoms. The van der Waals surface area contributed by atoms with Crippen LogP contribution < -0.4 is 10.4 Å². The number of carbonyl (C=O) groups excluding carboxylic acids is 2. The number of halogens is 1. The highest BCUT2D eigenvalue weighted by Gasteiger charge is 2.46. The number of amides is 3. The molecule has 1 atom stereocenters. The second-order valence-electron chi connectivity index (χ2n) is 5.08. The van der Waals surface area contributed by atoms with Gasteiger partial charge in [0.25, 0.3) is 11.6 Å². The first-order valence-electron chi connectivity index (χ1n) is 6.55. The van der Waals surface area contributed by atoms with E-state index in [-0.39, 0.29) is 10.6 Å². The summed E-state index contributed by atoms with van der Waals surface area (Å²) in [6, 6.07) is 1.35. The van der Waals surface area contributed by atoms with E-state index >= 15 is 0 Å². The molecule has 0 aromatic heterocycles. The van der Waals surface area contributed by atoms with Crippen molar-refractivity contribution in [2.75, 3.05) is 0 Å². The summed E-state index contributed by atoms with van der Waals surface area (Å²) < 4.78 is 0. The second kappa shape index (κ2) is 5.84. The molecule has 0 spiro atoms. The molecule has 0 bridgehead atoms. The van der Waals surface area contributed by atoms with Gasteiger partial charge in [-0.3, -0.25) is 14.9 Å². The molecule has 0 saturated carbocycles. The van der Waals surface area contributed by atoms with Crippen molar-refractivity contribution in [2.24, 2.45) is 5.10 Å². The highest BCUT2D eigenvalue weighted by molar-refractivity contribution is 6.31. The van der Waals surface area contributed by atoms with Gasteiger partial charge >= 0.3 is 6.03 Å². The number of urea groups is 1. The van der Waals surface area contributed by atoms with E-state index in [1.165, 1.54) is 0 Å². The smallest absolute Gasteiger partial charge is 0.346 e. The third-order valence-corrected chi connectivity index (χ3v) is 3.74. The topological polar surface area (TPSA) is 128 Å². The SMILES string of the molecule is CC[C@@]1(C)NC(=O)N(/N=C\c2cc(Cl)cc([N+](=O)[O-])c2[O-])C1=O. The summed E-state index contributed by atoms with van der Waals surface area (Å²) >= 11 is 5.72. The van der Waals surface area contributed by atoms with Gasteiger partial charge in [0.05, 0.1) is 11.1 Å².